The highest BCUT2D eigenvalue weighted by molar-refractivity contribution is 8.00. The lowest BCUT2D eigenvalue weighted by Gasteiger charge is -2.09. The van der Waals surface area contributed by atoms with Gasteiger partial charge in [0.05, 0.1) is 37.2 Å². The van der Waals surface area contributed by atoms with Gasteiger partial charge < -0.3 is 9.47 Å². The molecule has 0 atom stereocenters. The van der Waals surface area contributed by atoms with E-state index >= 15 is 0 Å². The second-order valence-corrected chi connectivity index (χ2v) is 7.05. The lowest BCUT2D eigenvalue weighted by molar-refractivity contribution is 0.102. The molecule has 0 aliphatic rings. The quantitative estimate of drug-likeness (QED) is 0.262. The number of carbonyl (C=O) groups excluding carboxylic acids is 1. The number of ether oxygens (including phenoxy) is 2. The molecule has 0 spiro atoms. The maximum absolute atomic E-state index is 12.7. The molecule has 29 heavy (non-hydrogen) atoms. The van der Waals surface area contributed by atoms with E-state index in [9.17, 15) is 4.79 Å². The molecule has 8 heteroatoms. The van der Waals surface area contributed by atoms with Crippen molar-refractivity contribution in [2.75, 3.05) is 20.0 Å². The summed E-state index contributed by atoms with van der Waals surface area (Å²) in [4.78, 5) is 21.4. The molecule has 0 unspecified atom stereocenters. The van der Waals surface area contributed by atoms with Gasteiger partial charge in [0.15, 0.2) is 22.9 Å². The van der Waals surface area contributed by atoms with Crippen molar-refractivity contribution in [2.24, 2.45) is 0 Å². The van der Waals surface area contributed by atoms with Gasteiger partial charge in [-0.2, -0.15) is 5.10 Å². The number of carbonyl (C=O) groups is 1. The van der Waals surface area contributed by atoms with Gasteiger partial charge in [0.2, 0.25) is 0 Å². The molecule has 7 nitrogen and oxygen atoms in total. The Labute approximate surface area is 171 Å². The lowest BCUT2D eigenvalue weighted by Crippen LogP contribution is -2.04. The first kappa shape index (κ1) is 18.9. The fourth-order valence-corrected chi connectivity index (χ4v) is 3.78. The summed E-state index contributed by atoms with van der Waals surface area (Å²) in [6.45, 7) is 0. The monoisotopic (exact) mass is 406 g/mol. The summed E-state index contributed by atoms with van der Waals surface area (Å²) in [6, 6.07) is 14.9. The zero-order chi connectivity index (χ0) is 20.2. The van der Waals surface area contributed by atoms with Crippen LogP contribution in [0, 0.1) is 0 Å². The van der Waals surface area contributed by atoms with Crippen LogP contribution in [0.1, 0.15) is 10.4 Å². The minimum Gasteiger partial charge on any atom is -0.493 e. The molecule has 0 saturated carbocycles. The Morgan fingerprint density at radius 2 is 1.83 bits per heavy atom. The Kier molecular flexibility index (Phi) is 5.44. The van der Waals surface area contributed by atoms with Crippen molar-refractivity contribution in [3.63, 3.8) is 0 Å². The third-order valence-electron chi connectivity index (χ3n) is 4.38. The van der Waals surface area contributed by atoms with Crippen LogP contribution < -0.4 is 9.47 Å². The van der Waals surface area contributed by atoms with Gasteiger partial charge in [-0.3, -0.25) is 4.79 Å². The van der Waals surface area contributed by atoms with E-state index in [2.05, 4.69) is 15.1 Å². The maximum Gasteiger partial charge on any atom is 0.173 e. The molecule has 4 aromatic rings. The molecule has 4 rings (SSSR count). The minimum absolute atomic E-state index is 0.0295. The molecular weight excluding hydrogens is 388 g/mol. The van der Waals surface area contributed by atoms with Crippen molar-refractivity contribution < 1.29 is 14.3 Å². The maximum atomic E-state index is 12.7. The highest BCUT2D eigenvalue weighted by atomic mass is 32.2. The van der Waals surface area contributed by atoms with Gasteiger partial charge in [-0.1, -0.05) is 30.0 Å². The van der Waals surface area contributed by atoms with Crippen molar-refractivity contribution in [1.29, 1.82) is 0 Å². The standard InChI is InChI=1S/C21H18N4O3S/c1-27-18-9-8-14(10-19(18)28-2)17(26)12-29-21-16-11-24-25(20(16)22-13-23-21)15-6-4-3-5-7-15/h3-11,13H,12H2,1-2H3. The predicted octanol–water partition coefficient (Wildman–Crippen LogP) is 3.81. The van der Waals surface area contributed by atoms with Crippen LogP contribution in [0.2, 0.25) is 0 Å². The molecule has 2 heterocycles. The van der Waals surface area contributed by atoms with E-state index in [0.29, 0.717) is 27.7 Å². The summed E-state index contributed by atoms with van der Waals surface area (Å²) >= 11 is 1.36. The second-order valence-electron chi connectivity index (χ2n) is 6.09. The molecule has 0 fully saturated rings. The summed E-state index contributed by atoms with van der Waals surface area (Å²) in [5, 5.41) is 5.96. The number of rotatable bonds is 7. The fourth-order valence-electron chi connectivity index (χ4n) is 2.92. The molecule has 0 N–H and O–H groups in total. The van der Waals surface area contributed by atoms with E-state index < -0.39 is 0 Å². The Morgan fingerprint density at radius 1 is 1.03 bits per heavy atom. The fraction of sp³-hybridized carbons (Fsp3) is 0.143. The Morgan fingerprint density at radius 3 is 2.59 bits per heavy atom. The number of para-hydroxylation sites is 1. The van der Waals surface area contributed by atoms with Crippen molar-refractivity contribution in [1.82, 2.24) is 19.7 Å². The molecule has 146 valence electrons. The normalized spacial score (nSPS) is 10.8. The molecule has 0 saturated heterocycles. The van der Waals surface area contributed by atoms with Gasteiger partial charge >= 0.3 is 0 Å². The highest BCUT2D eigenvalue weighted by Crippen LogP contribution is 2.30. The van der Waals surface area contributed by atoms with Gasteiger partial charge in [-0.15, -0.1) is 0 Å². The Hall–Kier alpha value is -3.39. The average molecular weight is 406 g/mol. The van der Waals surface area contributed by atoms with E-state index in [1.54, 1.807) is 43.3 Å². The van der Waals surface area contributed by atoms with Crippen LogP contribution in [0.15, 0.2) is 66.1 Å². The number of ketones is 1. The number of fused-ring (bicyclic) bond motifs is 1. The van der Waals surface area contributed by atoms with Crippen LogP contribution >= 0.6 is 11.8 Å². The predicted molar refractivity (Wildman–Crippen MR) is 111 cm³/mol. The van der Waals surface area contributed by atoms with Gasteiger partial charge in [0.1, 0.15) is 11.4 Å². The number of nitrogens with zero attached hydrogens (tertiary/aromatic N) is 4. The zero-order valence-electron chi connectivity index (χ0n) is 15.9. The molecule has 0 radical (unpaired) electrons. The third kappa shape index (κ3) is 3.79. The smallest absolute Gasteiger partial charge is 0.173 e. The van der Waals surface area contributed by atoms with E-state index in [1.165, 1.54) is 18.1 Å². The number of aromatic nitrogens is 4. The van der Waals surface area contributed by atoms with Crippen LogP contribution in [-0.2, 0) is 0 Å². The van der Waals surface area contributed by atoms with Crippen molar-refractivity contribution >= 4 is 28.6 Å². The van der Waals surface area contributed by atoms with E-state index in [4.69, 9.17) is 9.47 Å². The van der Waals surface area contributed by atoms with Gasteiger partial charge in [0.25, 0.3) is 0 Å². The topological polar surface area (TPSA) is 79.1 Å². The summed E-state index contributed by atoms with van der Waals surface area (Å²) in [5.41, 5.74) is 2.17. The number of hydrogen-bond acceptors (Lipinski definition) is 7. The van der Waals surface area contributed by atoms with Crippen LogP contribution in [0.4, 0.5) is 0 Å². The third-order valence-corrected chi connectivity index (χ3v) is 5.38. The van der Waals surface area contributed by atoms with Crippen molar-refractivity contribution in [2.45, 2.75) is 5.03 Å². The molecule has 0 aliphatic heterocycles. The number of methoxy groups -OCH3 is 2. The number of thioether (sulfide) groups is 1. The molecule has 2 aromatic heterocycles. The van der Waals surface area contributed by atoms with Gasteiger partial charge in [-0.05, 0) is 30.3 Å². The largest absolute Gasteiger partial charge is 0.493 e. The van der Waals surface area contributed by atoms with Crippen LogP contribution in [0.3, 0.4) is 0 Å². The van der Waals surface area contributed by atoms with Crippen LogP contribution in [-0.4, -0.2) is 45.5 Å². The molecule has 0 bridgehead atoms. The van der Waals surface area contributed by atoms with Gasteiger partial charge in [-0.25, -0.2) is 14.6 Å². The first-order valence-electron chi connectivity index (χ1n) is 8.83. The minimum atomic E-state index is -0.0295. The molecular formula is C21H18N4O3S. The SMILES string of the molecule is COc1ccc(C(=O)CSc2ncnc3c2cnn3-c2ccccc2)cc1OC. The highest BCUT2D eigenvalue weighted by Gasteiger charge is 2.15. The zero-order valence-corrected chi connectivity index (χ0v) is 16.7. The molecule has 0 aliphatic carbocycles. The Balaban J connectivity index is 1.56. The molecule has 0 amide bonds. The van der Waals surface area contributed by atoms with Crippen LogP contribution in [0.5, 0.6) is 11.5 Å². The van der Waals surface area contributed by atoms with Gasteiger partial charge in [0, 0.05) is 5.56 Å². The van der Waals surface area contributed by atoms with E-state index in [-0.39, 0.29) is 11.5 Å². The Bertz CT molecular complexity index is 1160. The average Bonchev–Trinajstić information content (AvgIpc) is 3.22. The number of hydrogen-bond donors (Lipinski definition) is 0. The first-order valence-corrected chi connectivity index (χ1v) is 9.82. The van der Waals surface area contributed by atoms with Crippen LogP contribution in [0.25, 0.3) is 16.7 Å². The van der Waals surface area contributed by atoms with E-state index in [1.807, 2.05) is 30.3 Å². The summed E-state index contributed by atoms with van der Waals surface area (Å²) in [7, 11) is 3.11. The summed E-state index contributed by atoms with van der Waals surface area (Å²) < 4.78 is 12.3. The van der Waals surface area contributed by atoms with E-state index in [0.717, 1.165) is 11.1 Å². The summed E-state index contributed by atoms with van der Waals surface area (Å²) in [5.74, 6) is 1.32. The van der Waals surface area contributed by atoms with Crippen molar-refractivity contribution in [3.05, 3.63) is 66.6 Å². The number of Topliss-reactive ketones (excluding diaryl/α,β-unsaturated/α-hetero) is 1. The number of benzene rings is 2. The van der Waals surface area contributed by atoms with Crippen molar-refractivity contribution in [3.8, 4) is 17.2 Å². The molecule has 2 aromatic carbocycles. The second kappa shape index (κ2) is 8.32. The lowest BCUT2D eigenvalue weighted by atomic mass is 10.1. The summed E-state index contributed by atoms with van der Waals surface area (Å²) in [6.07, 6.45) is 3.22. The first-order chi connectivity index (χ1) is 14.2.